The summed E-state index contributed by atoms with van der Waals surface area (Å²) in [6, 6.07) is 1.20. The van der Waals surface area contributed by atoms with E-state index in [0.29, 0.717) is 12.7 Å². The van der Waals surface area contributed by atoms with Crippen LogP contribution in [0, 0.1) is 0 Å². The number of hydrogen-bond acceptors (Lipinski definition) is 2. The summed E-state index contributed by atoms with van der Waals surface area (Å²) in [6.07, 6.45) is -0.733. The normalized spacial score (nSPS) is 21.6. The molecule has 0 saturated carbocycles. The van der Waals surface area contributed by atoms with Gasteiger partial charge in [-0.2, -0.15) is 13.2 Å². The molecule has 0 aromatic heterocycles. The molecule has 114 valence electrons. The quantitative estimate of drug-likeness (QED) is 0.506. The lowest BCUT2D eigenvalue weighted by Gasteiger charge is -2.25. The minimum atomic E-state index is -4.02. The molecule has 2 nitrogen and oxygen atoms in total. The topological polar surface area (TPSA) is 18.5 Å². The molecule has 0 spiro atoms. The third kappa shape index (κ3) is 8.65. The van der Waals surface area contributed by atoms with E-state index in [-0.39, 0.29) is 6.29 Å². The van der Waals surface area contributed by atoms with Crippen LogP contribution in [0.3, 0.4) is 0 Å². The lowest BCUT2D eigenvalue weighted by molar-refractivity contribution is -0.162. The van der Waals surface area contributed by atoms with Crippen LogP contribution < -0.4 is 0 Å². The largest absolute Gasteiger partial charge is 0.388 e. The molecular formula is C13H25F3O2Si. The van der Waals surface area contributed by atoms with Crippen LogP contribution in [0.25, 0.3) is 0 Å². The number of halogens is 3. The predicted octanol–water partition coefficient (Wildman–Crippen LogP) is 4.58. The molecule has 0 N–H and O–H groups in total. The zero-order valence-corrected chi connectivity index (χ0v) is 12.9. The number of rotatable bonds is 7. The van der Waals surface area contributed by atoms with Gasteiger partial charge in [-0.25, -0.2) is 0 Å². The first kappa shape index (κ1) is 17.0. The first-order valence-electron chi connectivity index (χ1n) is 7.08. The number of ether oxygens (including phenoxy) is 2. The Labute approximate surface area is 114 Å². The van der Waals surface area contributed by atoms with Gasteiger partial charge in [0.2, 0.25) is 0 Å². The van der Waals surface area contributed by atoms with Gasteiger partial charge < -0.3 is 9.47 Å². The van der Waals surface area contributed by atoms with E-state index in [1.165, 1.54) is 0 Å². The van der Waals surface area contributed by atoms with Gasteiger partial charge in [0, 0.05) is 27.7 Å². The van der Waals surface area contributed by atoms with Gasteiger partial charge in [0.1, 0.15) is 0 Å². The van der Waals surface area contributed by atoms with Crippen molar-refractivity contribution in [2.45, 2.75) is 69.8 Å². The molecule has 1 aliphatic heterocycles. The van der Waals surface area contributed by atoms with Crippen LogP contribution in [-0.4, -0.2) is 33.8 Å². The Hall–Kier alpha value is -0.0731. The van der Waals surface area contributed by atoms with Crippen molar-refractivity contribution in [2.24, 2.45) is 0 Å². The molecule has 1 fully saturated rings. The first-order valence-corrected chi connectivity index (χ1v) is 10.5. The van der Waals surface area contributed by atoms with Gasteiger partial charge in [0.05, 0.1) is 0 Å². The van der Waals surface area contributed by atoms with E-state index in [9.17, 15) is 13.2 Å². The molecule has 6 heteroatoms. The maximum Gasteiger partial charge on any atom is 0.388 e. The van der Waals surface area contributed by atoms with Crippen molar-refractivity contribution in [3.8, 4) is 0 Å². The highest BCUT2D eigenvalue weighted by atomic mass is 28.3. The van der Waals surface area contributed by atoms with Gasteiger partial charge in [-0.1, -0.05) is 19.1 Å². The molecule has 0 radical (unpaired) electrons. The Morgan fingerprint density at radius 3 is 2.53 bits per heavy atom. The lowest BCUT2D eigenvalue weighted by atomic mass is 10.2. The van der Waals surface area contributed by atoms with Gasteiger partial charge in [-0.15, -0.1) is 0 Å². The predicted molar refractivity (Wildman–Crippen MR) is 71.9 cm³/mol. The highest BCUT2D eigenvalue weighted by Crippen LogP contribution is 2.28. The minimum Gasteiger partial charge on any atom is -0.353 e. The summed E-state index contributed by atoms with van der Waals surface area (Å²) in [7, 11) is -1.74. The third-order valence-electron chi connectivity index (χ3n) is 3.52. The number of hydrogen-bond donors (Lipinski definition) is 0. The molecule has 0 aromatic carbocycles. The van der Waals surface area contributed by atoms with Crippen LogP contribution >= 0.6 is 0 Å². The Kier molecular flexibility index (Phi) is 6.83. The molecule has 1 unspecified atom stereocenters. The summed E-state index contributed by atoms with van der Waals surface area (Å²) in [5, 5.41) is 0. The molecule has 1 heterocycles. The molecule has 0 aliphatic carbocycles. The zero-order chi connectivity index (χ0) is 14.4. The summed E-state index contributed by atoms with van der Waals surface area (Å²) >= 11 is 0. The number of alkyl halides is 3. The van der Waals surface area contributed by atoms with Crippen molar-refractivity contribution < 1.29 is 22.6 Å². The summed E-state index contributed by atoms with van der Waals surface area (Å²) in [4.78, 5) is 0. The molecule has 1 aliphatic rings. The van der Waals surface area contributed by atoms with E-state index >= 15 is 0 Å². The van der Waals surface area contributed by atoms with Crippen molar-refractivity contribution in [3.05, 3.63) is 0 Å². The fraction of sp³-hybridized carbons (Fsp3) is 1.00. The standard InChI is InChI=1S/C13H25F3O2Si/c1-19(2,11-7-13(14,15)16)10-5-9-18-12-6-3-4-8-17-12/h12H,3-11H2,1-2H3. The average molecular weight is 298 g/mol. The van der Waals surface area contributed by atoms with Crippen LogP contribution in [0.2, 0.25) is 25.2 Å². The van der Waals surface area contributed by atoms with E-state index in [4.69, 9.17) is 9.47 Å². The maximum atomic E-state index is 12.2. The molecular weight excluding hydrogens is 273 g/mol. The Morgan fingerprint density at radius 2 is 1.95 bits per heavy atom. The highest BCUT2D eigenvalue weighted by Gasteiger charge is 2.31. The van der Waals surface area contributed by atoms with Gasteiger partial charge in [0.15, 0.2) is 6.29 Å². The molecule has 1 atom stereocenters. The van der Waals surface area contributed by atoms with Gasteiger partial charge in [0.25, 0.3) is 0 Å². The van der Waals surface area contributed by atoms with Gasteiger partial charge >= 0.3 is 6.18 Å². The summed E-state index contributed by atoms with van der Waals surface area (Å²) in [5.41, 5.74) is 0. The highest BCUT2D eigenvalue weighted by molar-refractivity contribution is 6.77. The van der Waals surface area contributed by atoms with E-state index < -0.39 is 20.7 Å². The molecule has 0 amide bonds. The summed E-state index contributed by atoms with van der Waals surface area (Å²) in [5.74, 6) is 0. The molecule has 0 aromatic rings. The van der Waals surface area contributed by atoms with Crippen LogP contribution in [0.4, 0.5) is 13.2 Å². The SMILES string of the molecule is C[Si](C)(CCCOC1CCCCO1)CCC(F)(F)F. The monoisotopic (exact) mass is 298 g/mol. The minimum absolute atomic E-state index is 0.0892. The van der Waals surface area contributed by atoms with Crippen molar-refractivity contribution in [3.63, 3.8) is 0 Å². The second kappa shape index (κ2) is 7.64. The fourth-order valence-corrected chi connectivity index (χ4v) is 4.52. The van der Waals surface area contributed by atoms with E-state index in [1.807, 2.05) is 13.1 Å². The maximum absolute atomic E-state index is 12.2. The Bertz CT molecular complexity index is 251. The Balaban J connectivity index is 2.09. The van der Waals surface area contributed by atoms with E-state index in [1.54, 1.807) is 0 Å². The van der Waals surface area contributed by atoms with Crippen LogP contribution in [-0.2, 0) is 9.47 Å². The molecule has 19 heavy (non-hydrogen) atoms. The molecule has 0 bridgehead atoms. The Morgan fingerprint density at radius 1 is 1.21 bits per heavy atom. The van der Waals surface area contributed by atoms with Crippen LogP contribution in [0.15, 0.2) is 0 Å². The van der Waals surface area contributed by atoms with E-state index in [0.717, 1.165) is 38.3 Å². The lowest BCUT2D eigenvalue weighted by Crippen LogP contribution is -2.28. The summed E-state index contributed by atoms with van der Waals surface area (Å²) in [6.45, 7) is 5.41. The van der Waals surface area contributed by atoms with Crippen molar-refractivity contribution in [2.75, 3.05) is 13.2 Å². The van der Waals surface area contributed by atoms with Crippen molar-refractivity contribution in [1.29, 1.82) is 0 Å². The van der Waals surface area contributed by atoms with Crippen LogP contribution in [0.5, 0.6) is 0 Å². The molecule has 1 saturated heterocycles. The van der Waals surface area contributed by atoms with Gasteiger partial charge in [-0.05, 0) is 31.7 Å². The van der Waals surface area contributed by atoms with Crippen molar-refractivity contribution >= 4 is 8.07 Å². The molecule has 1 rings (SSSR count). The van der Waals surface area contributed by atoms with E-state index in [2.05, 4.69) is 0 Å². The van der Waals surface area contributed by atoms with Gasteiger partial charge in [-0.3, -0.25) is 0 Å². The first-order chi connectivity index (χ1) is 8.79. The fourth-order valence-electron chi connectivity index (χ4n) is 2.21. The average Bonchev–Trinajstić information content (AvgIpc) is 2.33. The zero-order valence-electron chi connectivity index (χ0n) is 11.9. The second-order valence-electron chi connectivity index (χ2n) is 6.05. The van der Waals surface area contributed by atoms with Crippen LogP contribution in [0.1, 0.15) is 32.1 Å². The second-order valence-corrected chi connectivity index (χ2v) is 11.4. The third-order valence-corrected chi connectivity index (χ3v) is 6.84. The smallest absolute Gasteiger partial charge is 0.353 e. The summed E-state index contributed by atoms with van der Waals surface area (Å²) < 4.78 is 47.6. The van der Waals surface area contributed by atoms with Crippen molar-refractivity contribution in [1.82, 2.24) is 0 Å².